The number of piperidine rings is 1. The van der Waals surface area contributed by atoms with Crippen molar-refractivity contribution in [1.82, 2.24) is 20.4 Å². The molecular weight excluding hydrogens is 342 g/mol. The molecule has 1 fully saturated rings. The Hall–Kier alpha value is -2.32. The molecule has 3 N–H and O–H groups in total. The van der Waals surface area contributed by atoms with Crippen molar-refractivity contribution in [3.05, 3.63) is 52.9 Å². The molecule has 1 amide bonds. The third kappa shape index (κ3) is 3.91. The van der Waals surface area contributed by atoms with Crippen molar-refractivity contribution in [2.45, 2.75) is 38.5 Å². The molecule has 0 bridgehead atoms. The Morgan fingerprint density at radius 3 is 2.96 bits per heavy atom. The minimum absolute atomic E-state index is 0.0662. The summed E-state index contributed by atoms with van der Waals surface area (Å²) in [7, 11) is 0. The van der Waals surface area contributed by atoms with Crippen LogP contribution in [0, 0.1) is 18.6 Å². The molecule has 1 unspecified atom stereocenters. The van der Waals surface area contributed by atoms with Crippen molar-refractivity contribution in [2.24, 2.45) is 0 Å². The number of aromatic amines is 1. The highest BCUT2D eigenvalue weighted by Gasteiger charge is 2.42. The maximum Gasteiger partial charge on any atom is 0.256 e. The second kappa shape index (κ2) is 7.51. The Bertz CT molecular complexity index is 795. The number of halogens is 2. The number of rotatable bonds is 6. The van der Waals surface area contributed by atoms with Gasteiger partial charge in [-0.2, -0.15) is 5.10 Å². The van der Waals surface area contributed by atoms with Gasteiger partial charge in [-0.15, -0.1) is 0 Å². The van der Waals surface area contributed by atoms with Gasteiger partial charge in [0.2, 0.25) is 0 Å². The molecule has 1 aromatic heterocycles. The van der Waals surface area contributed by atoms with E-state index in [-0.39, 0.29) is 18.7 Å². The SMILES string of the molecule is Cc1cc(CNCC2(O)CCCN(Cc3cccc(F)c3F)C2=O)n[nH]1. The van der Waals surface area contributed by atoms with E-state index < -0.39 is 23.1 Å². The van der Waals surface area contributed by atoms with Crippen LogP contribution in [0.15, 0.2) is 24.3 Å². The maximum absolute atomic E-state index is 13.9. The first kappa shape index (κ1) is 18.5. The van der Waals surface area contributed by atoms with E-state index >= 15 is 0 Å². The minimum Gasteiger partial charge on any atom is -0.379 e. The van der Waals surface area contributed by atoms with Crippen molar-refractivity contribution in [3.8, 4) is 0 Å². The molecule has 1 aliphatic rings. The van der Waals surface area contributed by atoms with Crippen molar-refractivity contribution >= 4 is 5.91 Å². The van der Waals surface area contributed by atoms with Crippen LogP contribution in [-0.2, 0) is 17.9 Å². The molecule has 3 rings (SSSR count). The number of hydrogen-bond donors (Lipinski definition) is 3. The summed E-state index contributed by atoms with van der Waals surface area (Å²) in [6.07, 6.45) is 0.906. The molecular formula is C18H22F2N4O2. The van der Waals surface area contributed by atoms with E-state index in [1.807, 2.05) is 13.0 Å². The fourth-order valence-corrected chi connectivity index (χ4v) is 3.22. The molecule has 0 radical (unpaired) electrons. The number of nitrogens with one attached hydrogen (secondary N) is 2. The van der Waals surface area contributed by atoms with Gasteiger partial charge in [0.1, 0.15) is 0 Å². The maximum atomic E-state index is 13.9. The molecule has 1 saturated heterocycles. The molecule has 8 heteroatoms. The van der Waals surface area contributed by atoms with Gasteiger partial charge in [-0.25, -0.2) is 8.78 Å². The number of nitrogens with zero attached hydrogens (tertiary/aromatic N) is 2. The lowest BCUT2D eigenvalue weighted by Gasteiger charge is -2.38. The summed E-state index contributed by atoms with van der Waals surface area (Å²) < 4.78 is 27.2. The van der Waals surface area contributed by atoms with Crippen LogP contribution in [0.3, 0.4) is 0 Å². The van der Waals surface area contributed by atoms with E-state index in [9.17, 15) is 18.7 Å². The van der Waals surface area contributed by atoms with Crippen molar-refractivity contribution in [3.63, 3.8) is 0 Å². The molecule has 1 atom stereocenters. The van der Waals surface area contributed by atoms with Gasteiger partial charge in [-0.3, -0.25) is 9.89 Å². The predicted octanol–water partition coefficient (Wildman–Crippen LogP) is 1.64. The Kier molecular flexibility index (Phi) is 5.33. The highest BCUT2D eigenvalue weighted by Crippen LogP contribution is 2.25. The van der Waals surface area contributed by atoms with Crippen molar-refractivity contribution < 1.29 is 18.7 Å². The number of carbonyl (C=O) groups is 1. The summed E-state index contributed by atoms with van der Waals surface area (Å²) in [5, 5.41) is 20.7. The minimum atomic E-state index is -1.56. The number of hydrogen-bond acceptors (Lipinski definition) is 4. The van der Waals surface area contributed by atoms with Crippen LogP contribution in [-0.4, -0.2) is 44.8 Å². The number of likely N-dealkylation sites (tertiary alicyclic amines) is 1. The summed E-state index contributed by atoms with van der Waals surface area (Å²) in [6.45, 7) is 2.70. The molecule has 26 heavy (non-hydrogen) atoms. The molecule has 6 nitrogen and oxygen atoms in total. The zero-order valence-electron chi connectivity index (χ0n) is 14.6. The van der Waals surface area contributed by atoms with Gasteiger partial charge in [0.15, 0.2) is 17.2 Å². The number of aryl methyl sites for hydroxylation is 1. The van der Waals surface area contributed by atoms with Crippen LogP contribution in [0.1, 0.15) is 29.8 Å². The summed E-state index contributed by atoms with van der Waals surface area (Å²) in [5.41, 5.74) is 0.251. The van der Waals surface area contributed by atoms with Gasteiger partial charge in [0.05, 0.1) is 5.69 Å². The Morgan fingerprint density at radius 2 is 2.23 bits per heavy atom. The van der Waals surface area contributed by atoms with E-state index in [2.05, 4.69) is 15.5 Å². The van der Waals surface area contributed by atoms with Gasteiger partial charge in [0.25, 0.3) is 5.91 Å². The first-order chi connectivity index (χ1) is 12.4. The number of benzene rings is 1. The normalized spacial score (nSPS) is 20.6. The van der Waals surface area contributed by atoms with Gasteiger partial charge in [-0.05, 0) is 31.9 Å². The van der Waals surface area contributed by atoms with Crippen LogP contribution in [0.25, 0.3) is 0 Å². The fourth-order valence-electron chi connectivity index (χ4n) is 3.22. The number of aliphatic hydroxyl groups is 1. The summed E-state index contributed by atoms with van der Waals surface area (Å²) in [5.74, 6) is -2.38. The quantitative estimate of drug-likeness (QED) is 0.728. The molecule has 0 spiro atoms. The largest absolute Gasteiger partial charge is 0.379 e. The van der Waals surface area contributed by atoms with Crippen molar-refractivity contribution in [2.75, 3.05) is 13.1 Å². The van der Waals surface area contributed by atoms with E-state index in [4.69, 9.17) is 0 Å². The lowest BCUT2D eigenvalue weighted by atomic mass is 9.91. The second-order valence-electron chi connectivity index (χ2n) is 6.72. The zero-order chi connectivity index (χ0) is 18.7. The first-order valence-electron chi connectivity index (χ1n) is 8.55. The predicted molar refractivity (Wildman–Crippen MR) is 91.0 cm³/mol. The topological polar surface area (TPSA) is 81.2 Å². The standard InChI is InChI=1S/C18H22F2N4O2/c1-12-8-14(23-22-12)9-21-11-18(26)6-3-7-24(17(18)25)10-13-4-2-5-15(19)16(13)20/h2,4-5,8,21,26H,3,6-7,9-11H2,1H3,(H,22,23). The monoisotopic (exact) mass is 364 g/mol. The second-order valence-corrected chi connectivity index (χ2v) is 6.72. The lowest BCUT2D eigenvalue weighted by molar-refractivity contribution is -0.157. The van der Waals surface area contributed by atoms with Crippen LogP contribution in [0.4, 0.5) is 8.78 Å². The smallest absolute Gasteiger partial charge is 0.256 e. The number of amides is 1. The van der Waals surface area contributed by atoms with Gasteiger partial charge in [-0.1, -0.05) is 12.1 Å². The van der Waals surface area contributed by atoms with Gasteiger partial charge >= 0.3 is 0 Å². The Morgan fingerprint density at radius 1 is 1.42 bits per heavy atom. The van der Waals surface area contributed by atoms with E-state index in [1.165, 1.54) is 17.0 Å². The molecule has 1 aromatic carbocycles. The van der Waals surface area contributed by atoms with Crippen LogP contribution < -0.4 is 5.32 Å². The van der Waals surface area contributed by atoms with Crippen LogP contribution in [0.5, 0.6) is 0 Å². The third-order valence-corrected chi connectivity index (χ3v) is 4.58. The summed E-state index contributed by atoms with van der Waals surface area (Å²) in [6, 6.07) is 5.76. The Balaban J connectivity index is 1.63. The Labute approximate surface area is 150 Å². The fraction of sp³-hybridized carbons (Fsp3) is 0.444. The summed E-state index contributed by atoms with van der Waals surface area (Å²) in [4.78, 5) is 14.1. The highest BCUT2D eigenvalue weighted by atomic mass is 19.2. The lowest BCUT2D eigenvalue weighted by Crippen LogP contribution is -2.57. The highest BCUT2D eigenvalue weighted by molar-refractivity contribution is 5.86. The van der Waals surface area contributed by atoms with Crippen LogP contribution in [0.2, 0.25) is 0 Å². The molecule has 2 heterocycles. The first-order valence-corrected chi connectivity index (χ1v) is 8.55. The van der Waals surface area contributed by atoms with Gasteiger partial charge < -0.3 is 15.3 Å². The van der Waals surface area contributed by atoms with Crippen molar-refractivity contribution in [1.29, 1.82) is 0 Å². The average Bonchev–Trinajstić information content (AvgIpc) is 3.01. The average molecular weight is 364 g/mol. The molecule has 0 saturated carbocycles. The molecule has 2 aromatic rings. The zero-order valence-corrected chi connectivity index (χ0v) is 14.6. The van der Waals surface area contributed by atoms with E-state index in [0.717, 1.165) is 17.5 Å². The van der Waals surface area contributed by atoms with E-state index in [1.54, 1.807) is 0 Å². The van der Waals surface area contributed by atoms with Crippen LogP contribution >= 0.6 is 0 Å². The number of aromatic nitrogens is 2. The number of carbonyl (C=O) groups excluding carboxylic acids is 1. The van der Waals surface area contributed by atoms with E-state index in [0.29, 0.717) is 25.9 Å². The summed E-state index contributed by atoms with van der Waals surface area (Å²) >= 11 is 0. The van der Waals surface area contributed by atoms with Gasteiger partial charge in [0, 0.05) is 37.4 Å². The molecule has 1 aliphatic heterocycles. The number of H-pyrrole nitrogens is 1. The molecule has 0 aliphatic carbocycles. The third-order valence-electron chi connectivity index (χ3n) is 4.58. The molecule has 140 valence electrons.